The number of carbonyl (C=O) groups excluding carboxylic acids is 1. The van der Waals surface area contributed by atoms with Crippen molar-refractivity contribution in [3.63, 3.8) is 0 Å². The van der Waals surface area contributed by atoms with E-state index in [0.29, 0.717) is 17.8 Å². The molecule has 0 aliphatic heterocycles. The second kappa shape index (κ2) is 7.65. The standard InChI is InChI=1S/C26H36N4O2/c1-25-11-9-20-19-10-13-26(32,12-8-17-2-3-17)14-18(19)4-5-21(20)22(25)6-7-23(25)24(31)15-30-28-16-27-29-30/h16-23,32H,2-7,9-11,13-15H2,1H3/t18-,19+,20-,21-,22+,23-,25+,26-/m1/s1. The maximum Gasteiger partial charge on any atom is 0.162 e. The number of nitrogens with zero attached hydrogens (tertiary/aromatic N) is 4. The molecule has 6 rings (SSSR count). The predicted molar refractivity (Wildman–Crippen MR) is 119 cm³/mol. The van der Waals surface area contributed by atoms with E-state index in [1.807, 2.05) is 0 Å². The maximum atomic E-state index is 13.2. The van der Waals surface area contributed by atoms with Crippen molar-refractivity contribution in [2.75, 3.05) is 0 Å². The summed E-state index contributed by atoms with van der Waals surface area (Å²) in [6, 6.07) is 0. The molecule has 32 heavy (non-hydrogen) atoms. The Morgan fingerprint density at radius 3 is 2.69 bits per heavy atom. The Morgan fingerprint density at radius 2 is 1.91 bits per heavy atom. The molecule has 6 heteroatoms. The number of fused-ring (bicyclic) bond motifs is 5. The van der Waals surface area contributed by atoms with Crippen LogP contribution in [0.5, 0.6) is 0 Å². The first-order valence-corrected chi connectivity index (χ1v) is 12.9. The molecule has 0 bridgehead atoms. The zero-order chi connectivity index (χ0) is 21.9. The Kier molecular flexibility index (Phi) is 4.98. The average Bonchev–Trinajstić information content (AvgIpc) is 3.34. The van der Waals surface area contributed by atoms with E-state index in [0.717, 1.165) is 49.9 Å². The summed E-state index contributed by atoms with van der Waals surface area (Å²) in [4.78, 5) is 14.6. The predicted octanol–water partition coefficient (Wildman–Crippen LogP) is 3.66. The largest absolute Gasteiger partial charge is 0.378 e. The summed E-state index contributed by atoms with van der Waals surface area (Å²) in [7, 11) is 0. The highest BCUT2D eigenvalue weighted by Crippen LogP contribution is 2.64. The molecule has 1 heterocycles. The minimum absolute atomic E-state index is 0.122. The van der Waals surface area contributed by atoms with Gasteiger partial charge in [0.2, 0.25) is 0 Å². The second-order valence-electron chi connectivity index (χ2n) is 11.9. The van der Waals surface area contributed by atoms with Gasteiger partial charge in [-0.1, -0.05) is 18.8 Å². The van der Waals surface area contributed by atoms with Gasteiger partial charge in [0.25, 0.3) is 0 Å². The smallest absolute Gasteiger partial charge is 0.162 e. The molecule has 1 aromatic heterocycles. The number of aromatic nitrogens is 4. The number of carbonyl (C=O) groups is 1. The summed E-state index contributed by atoms with van der Waals surface area (Å²) in [6.07, 6.45) is 13.8. The van der Waals surface area contributed by atoms with Gasteiger partial charge in [-0.3, -0.25) is 4.79 Å². The summed E-state index contributed by atoms with van der Waals surface area (Å²) in [5.74, 6) is 11.2. The fraction of sp³-hybridized carbons (Fsp3) is 0.846. The molecule has 0 aromatic carbocycles. The van der Waals surface area contributed by atoms with Gasteiger partial charge in [-0.05, 0) is 111 Å². The van der Waals surface area contributed by atoms with Crippen molar-refractivity contribution >= 4 is 5.78 Å². The monoisotopic (exact) mass is 436 g/mol. The van der Waals surface area contributed by atoms with Crippen LogP contribution in [-0.4, -0.2) is 36.7 Å². The molecule has 0 spiro atoms. The van der Waals surface area contributed by atoms with Crippen molar-refractivity contribution in [1.82, 2.24) is 20.2 Å². The first kappa shape index (κ1) is 20.8. The van der Waals surface area contributed by atoms with E-state index in [2.05, 4.69) is 34.2 Å². The molecule has 0 amide bonds. The SMILES string of the molecule is C[C@]12CC[C@H]3[C@@H](CC[C@@H]4C[C@@](O)(C#CC5CC5)CC[C@@H]43)[C@@H]1CC[C@@H]2C(=O)Cn1ncnn1. The molecule has 5 fully saturated rings. The topological polar surface area (TPSA) is 80.9 Å². The highest BCUT2D eigenvalue weighted by atomic mass is 16.3. The quantitative estimate of drug-likeness (QED) is 0.732. The van der Waals surface area contributed by atoms with E-state index in [1.54, 1.807) is 0 Å². The Labute approximate surface area is 190 Å². The van der Waals surface area contributed by atoms with Gasteiger partial charge in [-0.15, -0.1) is 10.2 Å². The molecule has 1 N–H and O–H groups in total. The minimum Gasteiger partial charge on any atom is -0.378 e. The number of tetrazole rings is 1. The molecule has 5 aliphatic rings. The van der Waals surface area contributed by atoms with Gasteiger partial charge in [-0.2, -0.15) is 4.80 Å². The third-order valence-corrected chi connectivity index (χ3v) is 10.2. The van der Waals surface area contributed by atoms with Gasteiger partial charge in [0.15, 0.2) is 12.1 Å². The lowest BCUT2D eigenvalue weighted by Gasteiger charge is -2.56. The molecular weight excluding hydrogens is 400 g/mol. The minimum atomic E-state index is -0.736. The highest BCUT2D eigenvalue weighted by Gasteiger charge is 2.59. The summed E-state index contributed by atoms with van der Waals surface area (Å²) in [6.45, 7) is 2.66. The lowest BCUT2D eigenvalue weighted by molar-refractivity contribution is -0.132. The van der Waals surface area contributed by atoms with Crippen molar-refractivity contribution < 1.29 is 9.90 Å². The normalized spacial score (nSPS) is 45.2. The lowest BCUT2D eigenvalue weighted by Crippen LogP contribution is -2.51. The number of aliphatic hydroxyl groups is 1. The third-order valence-electron chi connectivity index (χ3n) is 10.2. The molecular formula is C26H36N4O2. The summed E-state index contributed by atoms with van der Waals surface area (Å²) in [5.41, 5.74) is -0.614. The lowest BCUT2D eigenvalue weighted by atomic mass is 9.49. The summed E-state index contributed by atoms with van der Waals surface area (Å²) < 4.78 is 0. The zero-order valence-corrected chi connectivity index (χ0v) is 19.2. The van der Waals surface area contributed by atoms with Crippen molar-refractivity contribution in [3.05, 3.63) is 6.33 Å². The first-order chi connectivity index (χ1) is 15.5. The van der Waals surface area contributed by atoms with Gasteiger partial charge >= 0.3 is 0 Å². The van der Waals surface area contributed by atoms with E-state index in [1.165, 1.54) is 49.6 Å². The van der Waals surface area contributed by atoms with Crippen molar-refractivity contribution in [2.24, 2.45) is 46.8 Å². The molecule has 0 unspecified atom stereocenters. The fourth-order valence-electron chi connectivity index (χ4n) is 8.50. The fourth-order valence-corrected chi connectivity index (χ4v) is 8.50. The highest BCUT2D eigenvalue weighted by molar-refractivity contribution is 5.81. The van der Waals surface area contributed by atoms with E-state index < -0.39 is 5.60 Å². The molecule has 0 saturated heterocycles. The van der Waals surface area contributed by atoms with Crippen molar-refractivity contribution in [1.29, 1.82) is 0 Å². The van der Waals surface area contributed by atoms with E-state index in [-0.39, 0.29) is 23.7 Å². The molecule has 1 aromatic rings. The number of rotatable bonds is 3. The number of Topliss-reactive ketones (excluding diaryl/α,β-unsaturated/α-hetero) is 1. The van der Waals surface area contributed by atoms with Gasteiger partial charge in [-0.25, -0.2) is 0 Å². The Bertz CT molecular complexity index is 931. The number of hydrogen-bond acceptors (Lipinski definition) is 5. The van der Waals surface area contributed by atoms with Crippen LogP contribution >= 0.6 is 0 Å². The van der Waals surface area contributed by atoms with Crippen LogP contribution in [-0.2, 0) is 11.3 Å². The van der Waals surface area contributed by atoms with Gasteiger partial charge in [0, 0.05) is 11.8 Å². The Morgan fingerprint density at radius 1 is 1.06 bits per heavy atom. The van der Waals surface area contributed by atoms with Crippen LogP contribution in [0.2, 0.25) is 0 Å². The zero-order valence-electron chi connectivity index (χ0n) is 19.2. The van der Waals surface area contributed by atoms with Crippen LogP contribution in [0, 0.1) is 58.7 Å². The first-order valence-electron chi connectivity index (χ1n) is 12.9. The van der Waals surface area contributed by atoms with E-state index in [9.17, 15) is 9.90 Å². The van der Waals surface area contributed by atoms with Crippen molar-refractivity contribution in [2.45, 2.75) is 89.7 Å². The van der Waals surface area contributed by atoms with Gasteiger partial charge in [0.1, 0.15) is 12.1 Å². The number of ketones is 1. The van der Waals surface area contributed by atoms with Crippen LogP contribution in [0.4, 0.5) is 0 Å². The van der Waals surface area contributed by atoms with Crippen LogP contribution in [0.3, 0.4) is 0 Å². The average molecular weight is 437 g/mol. The van der Waals surface area contributed by atoms with Crippen LogP contribution in [0.15, 0.2) is 6.33 Å². The van der Waals surface area contributed by atoms with Crippen molar-refractivity contribution in [3.8, 4) is 11.8 Å². The Balaban J connectivity index is 1.15. The van der Waals surface area contributed by atoms with Crippen LogP contribution < -0.4 is 0 Å². The Hall–Kier alpha value is -1.74. The molecule has 6 nitrogen and oxygen atoms in total. The molecule has 8 atom stereocenters. The van der Waals surface area contributed by atoms with E-state index >= 15 is 0 Å². The summed E-state index contributed by atoms with van der Waals surface area (Å²) in [5, 5.41) is 22.9. The third kappa shape index (κ3) is 3.52. The molecule has 5 saturated carbocycles. The molecule has 0 radical (unpaired) electrons. The van der Waals surface area contributed by atoms with Gasteiger partial charge < -0.3 is 5.11 Å². The van der Waals surface area contributed by atoms with Crippen LogP contribution in [0.1, 0.15) is 77.6 Å². The molecule has 172 valence electrons. The van der Waals surface area contributed by atoms with Gasteiger partial charge in [0.05, 0.1) is 0 Å². The van der Waals surface area contributed by atoms with Crippen LogP contribution in [0.25, 0.3) is 0 Å². The molecule has 5 aliphatic carbocycles. The second-order valence-corrected chi connectivity index (χ2v) is 11.9. The number of hydrogen-bond donors (Lipinski definition) is 1. The van der Waals surface area contributed by atoms with E-state index in [4.69, 9.17) is 0 Å². The maximum absolute atomic E-state index is 13.2. The summed E-state index contributed by atoms with van der Waals surface area (Å²) >= 11 is 0.